The average Bonchev–Trinajstić information content (AvgIpc) is 2.50. The second kappa shape index (κ2) is 8.09. The summed E-state index contributed by atoms with van der Waals surface area (Å²) in [5.41, 5.74) is 1.36. The molecule has 0 aliphatic carbocycles. The molecule has 0 spiro atoms. The number of aromatic nitrogens is 1. The van der Waals surface area contributed by atoms with Crippen LogP contribution in [0.5, 0.6) is 0 Å². The average molecular weight is 276 g/mol. The number of nitrogens with one attached hydrogen (secondary N) is 1. The van der Waals surface area contributed by atoms with E-state index in [1.165, 1.54) is 7.11 Å². The molecule has 0 saturated carbocycles. The van der Waals surface area contributed by atoms with E-state index in [1.807, 2.05) is 13.8 Å². The van der Waals surface area contributed by atoms with E-state index in [4.69, 9.17) is 4.74 Å². The molecule has 1 N–H and O–H groups in total. The zero-order valence-corrected chi connectivity index (χ0v) is 12.1. The lowest BCUT2D eigenvalue weighted by Gasteiger charge is -2.16. The van der Waals surface area contributed by atoms with Gasteiger partial charge in [0.15, 0.2) is 5.78 Å². The Kier molecular flexibility index (Phi) is 6.43. The van der Waals surface area contributed by atoms with Crippen LogP contribution in [0.3, 0.4) is 0 Å². The number of ketones is 1. The Hall–Kier alpha value is -2.17. The topological polar surface area (TPSA) is 68.3 Å². The zero-order chi connectivity index (χ0) is 15.0. The van der Waals surface area contributed by atoms with Crippen molar-refractivity contribution in [2.45, 2.75) is 32.7 Å². The SMILES string of the molecule is CCC(N/C(C)=C\CC(=O)c1cccnc1)C(=O)OC. The molecule has 1 atom stereocenters. The van der Waals surface area contributed by atoms with Crippen molar-refractivity contribution in [1.82, 2.24) is 10.3 Å². The van der Waals surface area contributed by atoms with Gasteiger partial charge in [-0.25, -0.2) is 4.79 Å². The van der Waals surface area contributed by atoms with Gasteiger partial charge in [0, 0.05) is 30.1 Å². The number of nitrogens with zero attached hydrogens (tertiary/aromatic N) is 1. The third kappa shape index (κ3) is 4.84. The van der Waals surface area contributed by atoms with Gasteiger partial charge in [0.1, 0.15) is 6.04 Å². The van der Waals surface area contributed by atoms with Crippen LogP contribution in [0.2, 0.25) is 0 Å². The maximum Gasteiger partial charge on any atom is 0.328 e. The first-order valence-electron chi connectivity index (χ1n) is 6.52. The Morgan fingerprint density at radius 1 is 1.50 bits per heavy atom. The van der Waals surface area contributed by atoms with Crippen LogP contribution in [0.15, 0.2) is 36.3 Å². The highest BCUT2D eigenvalue weighted by atomic mass is 16.5. The van der Waals surface area contributed by atoms with E-state index in [9.17, 15) is 9.59 Å². The number of hydrogen-bond acceptors (Lipinski definition) is 5. The van der Waals surface area contributed by atoms with Gasteiger partial charge < -0.3 is 10.1 Å². The maximum absolute atomic E-state index is 11.9. The van der Waals surface area contributed by atoms with Gasteiger partial charge >= 0.3 is 5.97 Å². The fourth-order valence-electron chi connectivity index (χ4n) is 1.70. The van der Waals surface area contributed by atoms with Gasteiger partial charge in [0.2, 0.25) is 0 Å². The first-order chi connectivity index (χ1) is 9.58. The molecule has 1 unspecified atom stereocenters. The van der Waals surface area contributed by atoms with Crippen LogP contribution < -0.4 is 5.32 Å². The summed E-state index contributed by atoms with van der Waals surface area (Å²) in [4.78, 5) is 27.3. The monoisotopic (exact) mass is 276 g/mol. The van der Waals surface area contributed by atoms with Crippen LogP contribution in [0.1, 0.15) is 37.0 Å². The number of carbonyl (C=O) groups is 2. The highest BCUT2D eigenvalue weighted by Gasteiger charge is 2.16. The van der Waals surface area contributed by atoms with Crippen molar-refractivity contribution in [2.24, 2.45) is 0 Å². The normalized spacial score (nSPS) is 12.7. The van der Waals surface area contributed by atoms with Crippen molar-refractivity contribution in [2.75, 3.05) is 7.11 Å². The molecule has 1 heterocycles. The molecule has 5 nitrogen and oxygen atoms in total. The Morgan fingerprint density at radius 2 is 2.25 bits per heavy atom. The van der Waals surface area contributed by atoms with Crippen molar-refractivity contribution in [1.29, 1.82) is 0 Å². The third-order valence-electron chi connectivity index (χ3n) is 2.87. The van der Waals surface area contributed by atoms with E-state index in [0.717, 1.165) is 5.70 Å². The Balaban J connectivity index is 2.57. The van der Waals surface area contributed by atoms with Crippen LogP contribution in [0.25, 0.3) is 0 Å². The van der Waals surface area contributed by atoms with E-state index in [0.29, 0.717) is 12.0 Å². The molecule has 1 aromatic heterocycles. The van der Waals surface area contributed by atoms with Gasteiger partial charge in [0.25, 0.3) is 0 Å². The molecule has 0 fully saturated rings. The minimum atomic E-state index is -0.384. The molecule has 0 saturated heterocycles. The molecular weight excluding hydrogens is 256 g/mol. The molecule has 0 aliphatic heterocycles. The van der Waals surface area contributed by atoms with Gasteiger partial charge in [-0.05, 0) is 25.5 Å². The molecule has 0 aliphatic rings. The summed E-state index contributed by atoms with van der Waals surface area (Å²) in [6.07, 6.45) is 5.82. The fourth-order valence-corrected chi connectivity index (χ4v) is 1.70. The third-order valence-corrected chi connectivity index (χ3v) is 2.87. The highest BCUT2D eigenvalue weighted by molar-refractivity contribution is 5.96. The summed E-state index contributed by atoms with van der Waals surface area (Å²) in [5, 5.41) is 3.04. The number of pyridine rings is 1. The molecule has 5 heteroatoms. The van der Waals surface area contributed by atoms with Crippen molar-refractivity contribution in [3.63, 3.8) is 0 Å². The second-order valence-electron chi connectivity index (χ2n) is 4.38. The van der Waals surface area contributed by atoms with Gasteiger partial charge in [-0.3, -0.25) is 9.78 Å². The standard InChI is InChI=1S/C15H20N2O3/c1-4-13(15(19)20-3)17-11(2)7-8-14(18)12-6-5-9-16-10-12/h5-7,9-10,13,17H,4,8H2,1-3H3/b11-7-. The Labute approximate surface area is 119 Å². The number of hydrogen-bond donors (Lipinski definition) is 1. The molecule has 1 aromatic rings. The maximum atomic E-state index is 11.9. The molecule has 20 heavy (non-hydrogen) atoms. The summed E-state index contributed by atoms with van der Waals surface area (Å²) in [5.74, 6) is -0.316. The molecule has 1 rings (SSSR count). The lowest BCUT2D eigenvalue weighted by atomic mass is 10.1. The van der Waals surface area contributed by atoms with E-state index >= 15 is 0 Å². The zero-order valence-electron chi connectivity index (χ0n) is 12.1. The number of rotatable bonds is 7. The number of ether oxygens (including phenoxy) is 1. The Morgan fingerprint density at radius 3 is 2.80 bits per heavy atom. The summed E-state index contributed by atoms with van der Waals surface area (Å²) >= 11 is 0. The molecule has 0 bridgehead atoms. The minimum Gasteiger partial charge on any atom is -0.467 e. The highest BCUT2D eigenvalue weighted by Crippen LogP contribution is 2.04. The summed E-state index contributed by atoms with van der Waals surface area (Å²) < 4.78 is 4.70. The first-order valence-corrected chi connectivity index (χ1v) is 6.52. The van der Waals surface area contributed by atoms with Crippen LogP contribution >= 0.6 is 0 Å². The summed E-state index contributed by atoms with van der Waals surface area (Å²) in [6, 6.07) is 3.08. The van der Waals surface area contributed by atoms with Gasteiger partial charge in [-0.1, -0.05) is 13.0 Å². The number of allylic oxidation sites excluding steroid dienone is 2. The van der Waals surface area contributed by atoms with Crippen LogP contribution in [-0.2, 0) is 9.53 Å². The van der Waals surface area contributed by atoms with Gasteiger partial charge in [0.05, 0.1) is 7.11 Å². The molecule has 0 amide bonds. The number of carbonyl (C=O) groups excluding carboxylic acids is 2. The van der Waals surface area contributed by atoms with Gasteiger partial charge in [-0.2, -0.15) is 0 Å². The lowest BCUT2D eigenvalue weighted by molar-refractivity contribution is -0.142. The van der Waals surface area contributed by atoms with E-state index in [1.54, 1.807) is 30.6 Å². The molecule has 0 radical (unpaired) electrons. The minimum absolute atomic E-state index is 0.00892. The predicted octanol–water partition coefficient (Wildman–Crippen LogP) is 2.10. The van der Waals surface area contributed by atoms with Crippen molar-refractivity contribution < 1.29 is 14.3 Å². The lowest BCUT2D eigenvalue weighted by Crippen LogP contribution is -2.35. The summed E-state index contributed by atoms with van der Waals surface area (Å²) in [6.45, 7) is 3.71. The number of methoxy groups -OCH3 is 1. The quantitative estimate of drug-likeness (QED) is 0.610. The van der Waals surface area contributed by atoms with Gasteiger partial charge in [-0.15, -0.1) is 0 Å². The second-order valence-corrected chi connectivity index (χ2v) is 4.38. The molecule has 0 aromatic carbocycles. The van der Waals surface area contributed by atoms with Crippen LogP contribution in [0.4, 0.5) is 0 Å². The molecular formula is C15H20N2O3. The first kappa shape index (κ1) is 15.9. The fraction of sp³-hybridized carbons (Fsp3) is 0.400. The van der Waals surface area contributed by atoms with Crippen molar-refractivity contribution in [3.8, 4) is 0 Å². The van der Waals surface area contributed by atoms with Crippen molar-refractivity contribution >= 4 is 11.8 Å². The largest absolute Gasteiger partial charge is 0.467 e. The van der Waals surface area contributed by atoms with E-state index in [-0.39, 0.29) is 24.2 Å². The predicted molar refractivity (Wildman–Crippen MR) is 76.2 cm³/mol. The summed E-state index contributed by atoms with van der Waals surface area (Å²) in [7, 11) is 1.36. The Bertz CT molecular complexity index is 483. The van der Waals surface area contributed by atoms with E-state index < -0.39 is 0 Å². The number of Topliss-reactive ketones (excluding diaryl/α,β-unsaturated/α-hetero) is 1. The van der Waals surface area contributed by atoms with E-state index in [2.05, 4.69) is 10.3 Å². The molecule has 108 valence electrons. The van der Waals surface area contributed by atoms with Crippen molar-refractivity contribution in [3.05, 3.63) is 41.9 Å². The van der Waals surface area contributed by atoms with Crippen LogP contribution in [0, 0.1) is 0 Å². The smallest absolute Gasteiger partial charge is 0.328 e. The number of esters is 1. The van der Waals surface area contributed by atoms with Crippen LogP contribution in [-0.4, -0.2) is 29.9 Å².